The highest BCUT2D eigenvalue weighted by Gasteiger charge is 2.06. The van der Waals surface area contributed by atoms with Gasteiger partial charge in [0.15, 0.2) is 0 Å². The van der Waals surface area contributed by atoms with Crippen molar-refractivity contribution in [2.45, 2.75) is 19.3 Å². The molecular weight excluding hydrogens is 380 g/mol. The molecule has 0 unspecified atom stereocenters. The second-order valence-electron chi connectivity index (χ2n) is 6.27. The van der Waals surface area contributed by atoms with Crippen LogP contribution >= 0.6 is 15.9 Å². The third kappa shape index (κ3) is 6.52. The number of anilines is 1. The fraction of sp³-hybridized carbons (Fsp3) is 0.350. The third-order valence-corrected chi connectivity index (χ3v) is 4.56. The number of carbonyl (C=O) groups excluding carboxylic acids is 1. The van der Waals surface area contributed by atoms with Crippen LogP contribution in [0.4, 0.5) is 5.69 Å². The minimum atomic E-state index is 0.0213. The number of hydrogen-bond acceptors (Lipinski definition) is 3. The first-order chi connectivity index (χ1) is 12.0. The minimum absolute atomic E-state index is 0.0213. The summed E-state index contributed by atoms with van der Waals surface area (Å²) in [5.74, 6) is 0.815. The number of benzene rings is 2. The molecule has 2 aromatic rings. The van der Waals surface area contributed by atoms with Crippen LogP contribution in [0.5, 0.6) is 5.75 Å². The first-order valence-corrected chi connectivity index (χ1v) is 9.13. The van der Waals surface area contributed by atoms with Crippen LogP contribution in [-0.2, 0) is 17.6 Å². The van der Waals surface area contributed by atoms with Gasteiger partial charge in [0.1, 0.15) is 5.75 Å². The first kappa shape index (κ1) is 19.5. The number of nitrogens with one attached hydrogen (secondary N) is 1. The van der Waals surface area contributed by atoms with Gasteiger partial charge in [-0.15, -0.1) is 0 Å². The van der Waals surface area contributed by atoms with E-state index < -0.39 is 0 Å². The van der Waals surface area contributed by atoms with Gasteiger partial charge in [-0.05, 0) is 78.3 Å². The number of halogens is 1. The van der Waals surface area contributed by atoms with Crippen LogP contribution in [0, 0.1) is 0 Å². The lowest BCUT2D eigenvalue weighted by atomic mass is 10.1. The number of rotatable bonds is 8. The number of likely N-dealkylation sites (N-methyl/N-ethyl adjacent to an activating group) is 1. The van der Waals surface area contributed by atoms with Crippen LogP contribution in [0.2, 0.25) is 0 Å². The Labute approximate surface area is 158 Å². The van der Waals surface area contributed by atoms with Gasteiger partial charge in [0.2, 0.25) is 5.91 Å². The van der Waals surface area contributed by atoms with Crippen molar-refractivity contribution in [1.29, 1.82) is 0 Å². The van der Waals surface area contributed by atoms with E-state index in [1.54, 1.807) is 7.11 Å². The number of ether oxygens (including phenoxy) is 1. The zero-order valence-electron chi connectivity index (χ0n) is 15.0. The van der Waals surface area contributed by atoms with E-state index in [1.807, 2.05) is 30.3 Å². The largest absolute Gasteiger partial charge is 0.496 e. The molecule has 0 atom stereocenters. The van der Waals surface area contributed by atoms with Crippen molar-refractivity contribution in [1.82, 2.24) is 4.90 Å². The Kier molecular flexibility index (Phi) is 7.47. The maximum absolute atomic E-state index is 12.1. The van der Waals surface area contributed by atoms with Crippen LogP contribution in [0.1, 0.15) is 17.5 Å². The maximum atomic E-state index is 12.1. The summed E-state index contributed by atoms with van der Waals surface area (Å²) in [4.78, 5) is 14.3. The van der Waals surface area contributed by atoms with Gasteiger partial charge >= 0.3 is 0 Å². The maximum Gasteiger partial charge on any atom is 0.224 e. The van der Waals surface area contributed by atoms with Crippen molar-refractivity contribution in [3.63, 3.8) is 0 Å². The molecule has 25 heavy (non-hydrogen) atoms. The molecule has 0 heterocycles. The summed E-state index contributed by atoms with van der Waals surface area (Å²) < 4.78 is 6.12. The Morgan fingerprint density at radius 1 is 1.08 bits per heavy atom. The fourth-order valence-electron chi connectivity index (χ4n) is 2.45. The second kappa shape index (κ2) is 9.59. The molecule has 5 heteroatoms. The Bertz CT molecular complexity index is 699. The van der Waals surface area contributed by atoms with Gasteiger partial charge in [0, 0.05) is 18.7 Å². The highest BCUT2D eigenvalue weighted by atomic mass is 79.9. The molecule has 0 aromatic heterocycles. The molecule has 1 N–H and O–H groups in total. The molecule has 134 valence electrons. The molecule has 0 aliphatic rings. The SMILES string of the molecule is COc1ccc(CCC(=O)Nc2ccc(CCN(C)C)cc2)cc1Br. The monoisotopic (exact) mass is 404 g/mol. The summed E-state index contributed by atoms with van der Waals surface area (Å²) in [5, 5.41) is 2.96. The van der Waals surface area contributed by atoms with Crippen molar-refractivity contribution in [2.75, 3.05) is 33.1 Å². The summed E-state index contributed by atoms with van der Waals surface area (Å²) in [6, 6.07) is 13.9. The van der Waals surface area contributed by atoms with Gasteiger partial charge in [-0.2, -0.15) is 0 Å². The lowest BCUT2D eigenvalue weighted by Crippen LogP contribution is -2.15. The molecule has 0 saturated heterocycles. The molecule has 0 aliphatic heterocycles. The minimum Gasteiger partial charge on any atom is -0.496 e. The van der Waals surface area contributed by atoms with Crippen molar-refractivity contribution in [3.05, 3.63) is 58.1 Å². The van der Waals surface area contributed by atoms with Gasteiger partial charge in [-0.25, -0.2) is 0 Å². The van der Waals surface area contributed by atoms with Crippen LogP contribution in [0.15, 0.2) is 46.9 Å². The van der Waals surface area contributed by atoms with E-state index >= 15 is 0 Å². The smallest absolute Gasteiger partial charge is 0.224 e. The van der Waals surface area contributed by atoms with E-state index in [4.69, 9.17) is 4.74 Å². The Morgan fingerprint density at radius 3 is 2.36 bits per heavy atom. The van der Waals surface area contributed by atoms with E-state index in [2.05, 4.69) is 52.4 Å². The topological polar surface area (TPSA) is 41.6 Å². The molecule has 0 bridgehead atoms. The molecule has 0 fully saturated rings. The van der Waals surface area contributed by atoms with E-state index in [-0.39, 0.29) is 5.91 Å². The molecular formula is C20H25BrN2O2. The van der Waals surface area contributed by atoms with Gasteiger partial charge in [-0.1, -0.05) is 18.2 Å². The predicted molar refractivity (Wildman–Crippen MR) is 106 cm³/mol. The molecule has 0 saturated carbocycles. The Morgan fingerprint density at radius 2 is 1.76 bits per heavy atom. The molecule has 2 rings (SSSR count). The van der Waals surface area contributed by atoms with E-state index in [9.17, 15) is 4.79 Å². The average molecular weight is 405 g/mol. The average Bonchev–Trinajstić information content (AvgIpc) is 2.59. The standard InChI is InChI=1S/C20H25BrN2O2/c1-23(2)13-12-15-4-8-17(9-5-15)22-20(24)11-7-16-6-10-19(25-3)18(21)14-16/h4-6,8-10,14H,7,11-13H2,1-3H3,(H,22,24). The second-order valence-corrected chi connectivity index (χ2v) is 7.12. The summed E-state index contributed by atoms with van der Waals surface area (Å²) >= 11 is 3.47. The highest BCUT2D eigenvalue weighted by Crippen LogP contribution is 2.26. The predicted octanol–water partition coefficient (Wildman–Crippen LogP) is 4.13. The van der Waals surface area contributed by atoms with Crippen molar-refractivity contribution >= 4 is 27.5 Å². The summed E-state index contributed by atoms with van der Waals surface area (Å²) in [6.45, 7) is 1.02. The van der Waals surface area contributed by atoms with Gasteiger partial charge in [-0.3, -0.25) is 4.79 Å². The lowest BCUT2D eigenvalue weighted by molar-refractivity contribution is -0.116. The third-order valence-electron chi connectivity index (χ3n) is 3.94. The number of hydrogen-bond donors (Lipinski definition) is 1. The Balaban J connectivity index is 1.82. The zero-order chi connectivity index (χ0) is 18.2. The molecule has 1 amide bonds. The van der Waals surface area contributed by atoms with Crippen LogP contribution < -0.4 is 10.1 Å². The van der Waals surface area contributed by atoms with Crippen molar-refractivity contribution < 1.29 is 9.53 Å². The Hall–Kier alpha value is -1.85. The molecule has 0 aliphatic carbocycles. The van der Waals surface area contributed by atoms with Gasteiger partial charge in [0.25, 0.3) is 0 Å². The molecule has 4 nitrogen and oxygen atoms in total. The van der Waals surface area contributed by atoms with Crippen molar-refractivity contribution in [3.8, 4) is 5.75 Å². The van der Waals surface area contributed by atoms with Gasteiger partial charge < -0.3 is 15.0 Å². The van der Waals surface area contributed by atoms with Crippen LogP contribution in [-0.4, -0.2) is 38.6 Å². The molecule has 2 aromatic carbocycles. The normalized spacial score (nSPS) is 10.8. The van der Waals surface area contributed by atoms with E-state index in [0.29, 0.717) is 12.8 Å². The molecule has 0 spiro atoms. The first-order valence-electron chi connectivity index (χ1n) is 8.34. The number of amides is 1. The molecule has 0 radical (unpaired) electrons. The highest BCUT2D eigenvalue weighted by molar-refractivity contribution is 9.10. The summed E-state index contributed by atoms with van der Waals surface area (Å²) in [5.41, 5.74) is 3.21. The van der Waals surface area contributed by atoms with Crippen LogP contribution in [0.25, 0.3) is 0 Å². The van der Waals surface area contributed by atoms with E-state index in [1.165, 1.54) is 5.56 Å². The summed E-state index contributed by atoms with van der Waals surface area (Å²) in [6.07, 6.45) is 2.14. The number of methoxy groups -OCH3 is 1. The number of carbonyl (C=O) groups is 1. The summed E-state index contributed by atoms with van der Waals surface area (Å²) in [7, 11) is 5.77. The number of nitrogens with zero attached hydrogens (tertiary/aromatic N) is 1. The van der Waals surface area contributed by atoms with Crippen molar-refractivity contribution in [2.24, 2.45) is 0 Å². The number of aryl methyl sites for hydroxylation is 1. The fourth-order valence-corrected chi connectivity index (χ4v) is 3.04. The quantitative estimate of drug-likeness (QED) is 0.718. The van der Waals surface area contributed by atoms with Crippen LogP contribution in [0.3, 0.4) is 0 Å². The van der Waals surface area contributed by atoms with E-state index in [0.717, 1.165) is 34.4 Å². The van der Waals surface area contributed by atoms with Gasteiger partial charge in [0.05, 0.1) is 11.6 Å². The zero-order valence-corrected chi connectivity index (χ0v) is 16.6. The lowest BCUT2D eigenvalue weighted by Gasteiger charge is -2.10.